The molecule has 0 aliphatic rings. The molecule has 4 nitrogen and oxygen atoms in total. The third kappa shape index (κ3) is 2.04. The number of carbonyl (C=O) groups excluding carboxylic acids is 1. The zero-order valence-electron chi connectivity index (χ0n) is 9.35. The van der Waals surface area contributed by atoms with E-state index in [1.807, 2.05) is 13.0 Å². The molecule has 0 aliphatic heterocycles. The Morgan fingerprint density at radius 3 is 2.88 bits per heavy atom. The summed E-state index contributed by atoms with van der Waals surface area (Å²) in [6, 6.07) is 6.09. The molecule has 0 saturated carbocycles. The fraction of sp³-hybridized carbons (Fsp3) is 0.167. The second kappa shape index (κ2) is 4.37. The summed E-state index contributed by atoms with van der Waals surface area (Å²) in [5, 5.41) is 4.11. The van der Waals surface area contributed by atoms with E-state index in [1.54, 1.807) is 16.9 Å². The number of amides is 1. The minimum absolute atomic E-state index is 0.105. The highest BCUT2D eigenvalue weighted by atomic mass is 19.1. The summed E-state index contributed by atoms with van der Waals surface area (Å²) in [6.45, 7) is 2.65. The van der Waals surface area contributed by atoms with E-state index in [9.17, 15) is 9.18 Å². The van der Waals surface area contributed by atoms with Gasteiger partial charge in [0.15, 0.2) is 0 Å². The van der Waals surface area contributed by atoms with Crippen molar-refractivity contribution in [3.63, 3.8) is 0 Å². The van der Waals surface area contributed by atoms with Crippen LogP contribution in [-0.2, 0) is 6.54 Å². The molecule has 2 N–H and O–H groups in total. The molecule has 1 aromatic heterocycles. The minimum Gasteiger partial charge on any atom is -0.366 e. The van der Waals surface area contributed by atoms with E-state index in [-0.39, 0.29) is 5.56 Å². The SMILES string of the molecule is CCn1nccc1-c1ccc(F)c(C(N)=O)c1. The number of halogens is 1. The van der Waals surface area contributed by atoms with Crippen LogP contribution in [0.1, 0.15) is 17.3 Å². The highest BCUT2D eigenvalue weighted by Gasteiger charge is 2.11. The number of aryl methyl sites for hydroxylation is 1. The van der Waals surface area contributed by atoms with Crippen LogP contribution in [0.25, 0.3) is 11.3 Å². The summed E-state index contributed by atoms with van der Waals surface area (Å²) >= 11 is 0. The highest BCUT2D eigenvalue weighted by molar-refractivity contribution is 5.94. The average molecular weight is 233 g/mol. The Bertz CT molecular complexity index is 563. The van der Waals surface area contributed by atoms with Crippen LogP contribution in [0.4, 0.5) is 4.39 Å². The number of nitrogens with two attached hydrogens (primary N) is 1. The van der Waals surface area contributed by atoms with Crippen LogP contribution in [0, 0.1) is 5.82 Å². The quantitative estimate of drug-likeness (QED) is 0.878. The Balaban J connectivity index is 2.54. The van der Waals surface area contributed by atoms with Crippen LogP contribution >= 0.6 is 0 Å². The van der Waals surface area contributed by atoms with Crippen LogP contribution in [0.2, 0.25) is 0 Å². The van der Waals surface area contributed by atoms with Crippen molar-refractivity contribution >= 4 is 5.91 Å². The lowest BCUT2D eigenvalue weighted by atomic mass is 10.1. The van der Waals surface area contributed by atoms with Crippen molar-refractivity contribution in [2.75, 3.05) is 0 Å². The first-order valence-corrected chi connectivity index (χ1v) is 5.25. The van der Waals surface area contributed by atoms with Crippen molar-refractivity contribution in [2.45, 2.75) is 13.5 Å². The highest BCUT2D eigenvalue weighted by Crippen LogP contribution is 2.21. The normalized spacial score (nSPS) is 10.5. The second-order valence-electron chi connectivity index (χ2n) is 3.59. The first-order valence-electron chi connectivity index (χ1n) is 5.25. The van der Waals surface area contributed by atoms with Crippen LogP contribution in [0.3, 0.4) is 0 Å². The molecule has 2 aromatic rings. The molecular formula is C12H12FN3O. The zero-order valence-corrected chi connectivity index (χ0v) is 9.35. The molecular weight excluding hydrogens is 221 g/mol. The van der Waals surface area contributed by atoms with E-state index in [0.717, 1.165) is 11.3 Å². The van der Waals surface area contributed by atoms with Crippen LogP contribution in [0.15, 0.2) is 30.5 Å². The molecule has 0 aliphatic carbocycles. The first kappa shape index (κ1) is 11.3. The topological polar surface area (TPSA) is 60.9 Å². The predicted octanol–water partition coefficient (Wildman–Crippen LogP) is 1.81. The Labute approximate surface area is 97.9 Å². The van der Waals surface area contributed by atoms with Gasteiger partial charge in [0.2, 0.25) is 0 Å². The third-order valence-corrected chi connectivity index (χ3v) is 2.54. The monoisotopic (exact) mass is 233 g/mol. The number of benzene rings is 1. The molecule has 88 valence electrons. The molecule has 0 bridgehead atoms. The first-order chi connectivity index (χ1) is 8.13. The number of hydrogen-bond donors (Lipinski definition) is 1. The molecule has 0 atom stereocenters. The summed E-state index contributed by atoms with van der Waals surface area (Å²) < 4.78 is 15.1. The van der Waals surface area contributed by atoms with E-state index in [0.29, 0.717) is 6.54 Å². The van der Waals surface area contributed by atoms with Crippen LogP contribution < -0.4 is 5.73 Å². The molecule has 0 unspecified atom stereocenters. The third-order valence-electron chi connectivity index (χ3n) is 2.54. The van der Waals surface area contributed by atoms with Gasteiger partial charge in [0.05, 0.1) is 11.3 Å². The molecule has 0 fully saturated rings. The average Bonchev–Trinajstić information content (AvgIpc) is 2.77. The van der Waals surface area contributed by atoms with Gasteiger partial charge in [-0.2, -0.15) is 5.10 Å². The van der Waals surface area contributed by atoms with Gasteiger partial charge in [-0.05, 0) is 31.2 Å². The lowest BCUT2D eigenvalue weighted by Gasteiger charge is -2.06. The van der Waals surface area contributed by atoms with Gasteiger partial charge in [-0.15, -0.1) is 0 Å². The molecule has 1 amide bonds. The summed E-state index contributed by atoms with van der Waals surface area (Å²) in [4.78, 5) is 11.1. The lowest BCUT2D eigenvalue weighted by Crippen LogP contribution is -2.13. The van der Waals surface area contributed by atoms with E-state index in [4.69, 9.17) is 5.73 Å². The zero-order chi connectivity index (χ0) is 12.4. The van der Waals surface area contributed by atoms with E-state index in [2.05, 4.69) is 5.10 Å². The fourth-order valence-electron chi connectivity index (χ4n) is 1.70. The second-order valence-corrected chi connectivity index (χ2v) is 3.59. The van der Waals surface area contributed by atoms with E-state index in [1.165, 1.54) is 12.1 Å². The lowest BCUT2D eigenvalue weighted by molar-refractivity contribution is 0.0996. The molecule has 1 heterocycles. The summed E-state index contributed by atoms with van der Waals surface area (Å²) in [6.07, 6.45) is 1.66. The Morgan fingerprint density at radius 1 is 1.47 bits per heavy atom. The Hall–Kier alpha value is -2.17. The van der Waals surface area contributed by atoms with Gasteiger partial charge in [0, 0.05) is 18.3 Å². The molecule has 5 heteroatoms. The Kier molecular flexibility index (Phi) is 2.91. The van der Waals surface area contributed by atoms with Gasteiger partial charge in [0.25, 0.3) is 5.91 Å². The molecule has 1 aromatic carbocycles. The van der Waals surface area contributed by atoms with Crippen molar-refractivity contribution in [3.8, 4) is 11.3 Å². The number of primary amides is 1. The maximum atomic E-state index is 13.3. The summed E-state index contributed by atoms with van der Waals surface area (Å²) in [5.41, 5.74) is 6.55. The van der Waals surface area contributed by atoms with Gasteiger partial charge in [-0.25, -0.2) is 4.39 Å². The summed E-state index contributed by atoms with van der Waals surface area (Å²) in [7, 11) is 0. The van der Waals surface area contributed by atoms with Gasteiger partial charge >= 0.3 is 0 Å². The van der Waals surface area contributed by atoms with Crippen LogP contribution in [-0.4, -0.2) is 15.7 Å². The van der Waals surface area contributed by atoms with Crippen LogP contribution in [0.5, 0.6) is 0 Å². The van der Waals surface area contributed by atoms with E-state index < -0.39 is 11.7 Å². The Morgan fingerprint density at radius 2 is 2.24 bits per heavy atom. The standard InChI is InChI=1S/C12H12FN3O/c1-2-16-11(5-6-15-16)8-3-4-10(13)9(7-8)12(14)17/h3-7H,2H2,1H3,(H2,14,17). The number of carbonyl (C=O) groups is 1. The van der Waals surface area contributed by atoms with Crippen molar-refractivity contribution < 1.29 is 9.18 Å². The van der Waals surface area contributed by atoms with Crippen molar-refractivity contribution in [3.05, 3.63) is 41.8 Å². The fourth-order valence-corrected chi connectivity index (χ4v) is 1.70. The minimum atomic E-state index is -0.771. The van der Waals surface area contributed by atoms with Gasteiger partial charge in [-0.1, -0.05) is 0 Å². The van der Waals surface area contributed by atoms with E-state index >= 15 is 0 Å². The molecule has 0 saturated heterocycles. The summed E-state index contributed by atoms with van der Waals surface area (Å²) in [5.74, 6) is -1.38. The molecule has 2 rings (SSSR count). The predicted molar refractivity (Wildman–Crippen MR) is 61.8 cm³/mol. The maximum absolute atomic E-state index is 13.3. The van der Waals surface area contributed by atoms with Crippen molar-refractivity contribution in [1.29, 1.82) is 0 Å². The number of rotatable bonds is 3. The van der Waals surface area contributed by atoms with Gasteiger partial charge < -0.3 is 5.73 Å². The number of nitrogens with zero attached hydrogens (tertiary/aromatic N) is 2. The maximum Gasteiger partial charge on any atom is 0.251 e. The largest absolute Gasteiger partial charge is 0.366 e. The molecule has 0 spiro atoms. The number of aromatic nitrogens is 2. The molecule has 17 heavy (non-hydrogen) atoms. The van der Waals surface area contributed by atoms with Crippen molar-refractivity contribution in [1.82, 2.24) is 9.78 Å². The van der Waals surface area contributed by atoms with Gasteiger partial charge in [-0.3, -0.25) is 9.48 Å². The molecule has 0 radical (unpaired) electrons. The van der Waals surface area contributed by atoms with Crippen molar-refractivity contribution in [2.24, 2.45) is 5.73 Å². The van der Waals surface area contributed by atoms with Gasteiger partial charge in [0.1, 0.15) is 5.82 Å². The smallest absolute Gasteiger partial charge is 0.251 e. The number of hydrogen-bond acceptors (Lipinski definition) is 2.